The molecular formula is C11H16N2O2. The topological polar surface area (TPSA) is 66.6 Å². The molecule has 1 rings (SSSR count). The Labute approximate surface area is 89.3 Å². The summed E-state index contributed by atoms with van der Waals surface area (Å²) in [7, 11) is 1.72. The minimum absolute atomic E-state index is 0.00560. The molecule has 0 aliphatic rings. The van der Waals surface area contributed by atoms with Crippen LogP contribution in [0.4, 0.5) is 0 Å². The zero-order valence-electron chi connectivity index (χ0n) is 8.81. The van der Waals surface area contributed by atoms with Crippen LogP contribution < -0.4 is 5.73 Å². The second-order valence-electron chi connectivity index (χ2n) is 3.45. The van der Waals surface area contributed by atoms with Crippen molar-refractivity contribution >= 4 is 5.91 Å². The Morgan fingerprint density at radius 3 is 2.87 bits per heavy atom. The average Bonchev–Trinajstić information content (AvgIpc) is 2.18. The number of carbonyl (C=O) groups is 1. The van der Waals surface area contributed by atoms with Crippen molar-refractivity contribution in [3.05, 3.63) is 29.8 Å². The van der Waals surface area contributed by atoms with Gasteiger partial charge in [0.2, 0.25) is 5.91 Å². The number of carbonyl (C=O) groups excluding carboxylic acids is 1. The molecule has 0 heterocycles. The molecule has 0 unspecified atom stereocenters. The molecule has 3 N–H and O–H groups in total. The number of nitrogens with zero attached hydrogens (tertiary/aromatic N) is 1. The third-order valence-corrected chi connectivity index (χ3v) is 2.16. The number of likely N-dealkylation sites (N-methyl/N-ethyl adjacent to an activating group) is 1. The maximum Gasteiger partial charge on any atom is 0.226 e. The molecule has 0 aromatic heterocycles. The lowest BCUT2D eigenvalue weighted by molar-refractivity contribution is -0.129. The van der Waals surface area contributed by atoms with Crippen LogP contribution in [0.5, 0.6) is 5.75 Å². The van der Waals surface area contributed by atoms with Crippen LogP contribution in [0.3, 0.4) is 0 Å². The first-order chi connectivity index (χ1) is 7.13. The van der Waals surface area contributed by atoms with E-state index in [4.69, 9.17) is 5.73 Å². The van der Waals surface area contributed by atoms with E-state index in [1.165, 1.54) is 0 Å². The quantitative estimate of drug-likeness (QED) is 0.750. The van der Waals surface area contributed by atoms with Crippen molar-refractivity contribution in [3.8, 4) is 5.75 Å². The van der Waals surface area contributed by atoms with Gasteiger partial charge in [-0.2, -0.15) is 0 Å². The van der Waals surface area contributed by atoms with E-state index in [1.807, 2.05) is 6.07 Å². The number of amides is 1. The summed E-state index contributed by atoms with van der Waals surface area (Å²) in [5.41, 5.74) is 6.16. The lowest BCUT2D eigenvalue weighted by Crippen LogP contribution is -2.32. The Hall–Kier alpha value is -1.55. The molecule has 4 heteroatoms. The minimum Gasteiger partial charge on any atom is -0.508 e. The summed E-state index contributed by atoms with van der Waals surface area (Å²) >= 11 is 0. The Morgan fingerprint density at radius 2 is 2.27 bits per heavy atom. The van der Waals surface area contributed by atoms with Crippen molar-refractivity contribution in [2.45, 2.75) is 6.42 Å². The van der Waals surface area contributed by atoms with Crippen molar-refractivity contribution < 1.29 is 9.90 Å². The smallest absolute Gasteiger partial charge is 0.226 e. The normalized spacial score (nSPS) is 10.0. The van der Waals surface area contributed by atoms with Crippen molar-refractivity contribution in [2.75, 3.05) is 20.1 Å². The molecule has 0 radical (unpaired) electrons. The van der Waals surface area contributed by atoms with Crippen molar-refractivity contribution in [3.63, 3.8) is 0 Å². The molecule has 4 nitrogen and oxygen atoms in total. The minimum atomic E-state index is 0.00560. The largest absolute Gasteiger partial charge is 0.508 e. The van der Waals surface area contributed by atoms with Gasteiger partial charge >= 0.3 is 0 Å². The lowest BCUT2D eigenvalue weighted by atomic mass is 10.1. The summed E-state index contributed by atoms with van der Waals surface area (Å²) < 4.78 is 0. The molecule has 15 heavy (non-hydrogen) atoms. The predicted octanol–water partition coefficient (Wildman–Crippen LogP) is 0.352. The van der Waals surface area contributed by atoms with Gasteiger partial charge in [-0.1, -0.05) is 12.1 Å². The first kappa shape index (κ1) is 11.5. The number of benzene rings is 1. The summed E-state index contributed by atoms with van der Waals surface area (Å²) in [6, 6.07) is 6.71. The highest BCUT2D eigenvalue weighted by Crippen LogP contribution is 2.11. The highest BCUT2D eigenvalue weighted by Gasteiger charge is 2.08. The Morgan fingerprint density at radius 1 is 1.53 bits per heavy atom. The standard InChI is InChI=1S/C11H16N2O2/c1-13(6-5-12)11(15)8-9-3-2-4-10(14)7-9/h2-4,7,14H,5-6,8,12H2,1H3. The van der Waals surface area contributed by atoms with Gasteiger partial charge in [0.15, 0.2) is 0 Å². The van der Waals surface area contributed by atoms with Crippen molar-refractivity contribution in [1.82, 2.24) is 4.90 Å². The van der Waals surface area contributed by atoms with Crippen LogP contribution in [0.1, 0.15) is 5.56 Å². The Bertz CT molecular complexity index is 339. The van der Waals surface area contributed by atoms with Gasteiger partial charge in [0.1, 0.15) is 5.75 Å². The highest BCUT2D eigenvalue weighted by molar-refractivity contribution is 5.78. The molecule has 0 aliphatic heterocycles. The maximum atomic E-state index is 11.6. The second-order valence-corrected chi connectivity index (χ2v) is 3.45. The molecule has 1 amide bonds. The van der Waals surface area contributed by atoms with Gasteiger partial charge < -0.3 is 15.7 Å². The zero-order valence-corrected chi connectivity index (χ0v) is 8.81. The molecule has 0 fully saturated rings. The number of aromatic hydroxyl groups is 1. The predicted molar refractivity (Wildman–Crippen MR) is 58.5 cm³/mol. The third kappa shape index (κ3) is 3.59. The van der Waals surface area contributed by atoms with Gasteiger partial charge in [-0.15, -0.1) is 0 Å². The van der Waals surface area contributed by atoms with E-state index in [1.54, 1.807) is 30.1 Å². The van der Waals surface area contributed by atoms with Crippen LogP contribution in [0.2, 0.25) is 0 Å². The molecule has 0 aliphatic carbocycles. The van der Waals surface area contributed by atoms with Gasteiger partial charge in [0.05, 0.1) is 6.42 Å². The molecule has 0 saturated heterocycles. The fourth-order valence-corrected chi connectivity index (χ4v) is 1.29. The van der Waals surface area contributed by atoms with Crippen molar-refractivity contribution in [1.29, 1.82) is 0 Å². The number of rotatable bonds is 4. The first-order valence-electron chi connectivity index (χ1n) is 4.85. The fourth-order valence-electron chi connectivity index (χ4n) is 1.29. The maximum absolute atomic E-state index is 11.6. The summed E-state index contributed by atoms with van der Waals surface area (Å²) in [4.78, 5) is 13.2. The number of hydrogen-bond acceptors (Lipinski definition) is 3. The molecule has 1 aromatic carbocycles. The molecule has 0 saturated carbocycles. The van der Waals surface area contributed by atoms with Crippen LogP contribution in [0.25, 0.3) is 0 Å². The molecule has 1 aromatic rings. The highest BCUT2D eigenvalue weighted by atomic mass is 16.3. The Balaban J connectivity index is 2.58. The average molecular weight is 208 g/mol. The zero-order chi connectivity index (χ0) is 11.3. The first-order valence-corrected chi connectivity index (χ1v) is 4.85. The summed E-state index contributed by atoms with van der Waals surface area (Å²) in [5.74, 6) is 0.188. The number of hydrogen-bond donors (Lipinski definition) is 2. The SMILES string of the molecule is CN(CCN)C(=O)Cc1cccc(O)c1. The van der Waals surface area contributed by atoms with E-state index in [0.717, 1.165) is 5.56 Å². The monoisotopic (exact) mass is 208 g/mol. The van der Waals surface area contributed by atoms with E-state index >= 15 is 0 Å². The van der Waals surface area contributed by atoms with Crippen LogP contribution in [0, 0.1) is 0 Å². The van der Waals surface area contributed by atoms with E-state index in [2.05, 4.69) is 0 Å². The van der Waals surface area contributed by atoms with Crippen LogP contribution in [-0.4, -0.2) is 36.1 Å². The van der Waals surface area contributed by atoms with Gasteiger partial charge in [-0.3, -0.25) is 4.79 Å². The molecular weight excluding hydrogens is 192 g/mol. The molecule has 0 atom stereocenters. The third-order valence-electron chi connectivity index (χ3n) is 2.16. The summed E-state index contributed by atoms with van der Waals surface area (Å²) in [6.07, 6.45) is 0.297. The van der Waals surface area contributed by atoms with Crippen molar-refractivity contribution in [2.24, 2.45) is 5.73 Å². The van der Waals surface area contributed by atoms with Gasteiger partial charge in [-0.05, 0) is 17.7 Å². The van der Waals surface area contributed by atoms with Crippen LogP contribution in [-0.2, 0) is 11.2 Å². The second kappa shape index (κ2) is 5.36. The van der Waals surface area contributed by atoms with E-state index < -0.39 is 0 Å². The van der Waals surface area contributed by atoms with Gasteiger partial charge in [0.25, 0.3) is 0 Å². The van der Waals surface area contributed by atoms with Gasteiger partial charge in [0, 0.05) is 20.1 Å². The molecule has 0 bridgehead atoms. The lowest BCUT2D eigenvalue weighted by Gasteiger charge is -2.15. The van der Waals surface area contributed by atoms with Gasteiger partial charge in [-0.25, -0.2) is 0 Å². The van der Waals surface area contributed by atoms with E-state index in [0.29, 0.717) is 19.5 Å². The van der Waals surface area contributed by atoms with Crippen LogP contribution in [0.15, 0.2) is 24.3 Å². The molecule has 82 valence electrons. The van der Waals surface area contributed by atoms with Crippen LogP contribution >= 0.6 is 0 Å². The summed E-state index contributed by atoms with van der Waals surface area (Å²) in [5, 5.41) is 9.22. The Kier molecular flexibility index (Phi) is 4.12. The molecule has 0 spiro atoms. The number of phenolic OH excluding ortho intramolecular Hbond substituents is 1. The number of nitrogens with two attached hydrogens (primary N) is 1. The fraction of sp³-hybridized carbons (Fsp3) is 0.364. The van der Waals surface area contributed by atoms with E-state index in [9.17, 15) is 9.90 Å². The van der Waals surface area contributed by atoms with E-state index in [-0.39, 0.29) is 11.7 Å². The number of phenols is 1. The summed E-state index contributed by atoms with van der Waals surface area (Å²) in [6.45, 7) is 1.01.